The third-order valence-corrected chi connectivity index (χ3v) is 4.41. The van der Waals surface area contributed by atoms with Gasteiger partial charge in [-0.3, -0.25) is 4.79 Å². The molecule has 4 rings (SSSR count). The molecule has 0 saturated heterocycles. The number of aromatic hydroxyl groups is 1. The molecule has 7 heteroatoms. The number of phenols is 1. The number of rotatable bonds is 5. The number of benzene rings is 3. The highest BCUT2D eigenvalue weighted by atomic mass is 16.5. The molecule has 29 heavy (non-hydrogen) atoms. The average Bonchev–Trinajstić information content (AvgIpc) is 3.17. The van der Waals surface area contributed by atoms with Gasteiger partial charge in [-0.15, -0.1) is 0 Å². The lowest BCUT2D eigenvalue weighted by Crippen LogP contribution is -2.11. The van der Waals surface area contributed by atoms with Crippen molar-refractivity contribution in [2.24, 2.45) is 0 Å². The minimum atomic E-state index is -0.284. The van der Waals surface area contributed by atoms with Crippen LogP contribution in [-0.4, -0.2) is 30.2 Å². The third-order valence-electron chi connectivity index (χ3n) is 4.41. The molecule has 7 nitrogen and oxygen atoms in total. The van der Waals surface area contributed by atoms with E-state index < -0.39 is 0 Å². The lowest BCUT2D eigenvalue weighted by Gasteiger charge is -2.07. The Kier molecular flexibility index (Phi) is 4.78. The van der Waals surface area contributed by atoms with E-state index in [1.165, 1.54) is 12.1 Å². The molecule has 0 saturated carbocycles. The summed E-state index contributed by atoms with van der Waals surface area (Å²) in [6.07, 6.45) is 0. The van der Waals surface area contributed by atoms with Crippen molar-refractivity contribution in [2.75, 3.05) is 19.5 Å². The summed E-state index contributed by atoms with van der Waals surface area (Å²) in [5, 5.41) is 12.2. The van der Waals surface area contributed by atoms with Crippen LogP contribution in [0.5, 0.6) is 17.2 Å². The fraction of sp³-hybridized carbons (Fsp3) is 0.0909. The van der Waals surface area contributed by atoms with Gasteiger partial charge in [-0.1, -0.05) is 0 Å². The number of aromatic nitrogens is 1. The summed E-state index contributed by atoms with van der Waals surface area (Å²) in [7, 11) is 3.14. The Hall–Kier alpha value is -4.00. The number of hydrogen-bond donors (Lipinski definition) is 2. The normalized spacial score (nSPS) is 10.7. The Morgan fingerprint density at radius 2 is 1.72 bits per heavy atom. The molecule has 1 heterocycles. The molecule has 2 N–H and O–H groups in total. The number of oxazole rings is 1. The Labute approximate surface area is 166 Å². The maximum Gasteiger partial charge on any atom is 0.255 e. The lowest BCUT2D eigenvalue weighted by atomic mass is 10.2. The van der Waals surface area contributed by atoms with Gasteiger partial charge < -0.3 is 24.3 Å². The van der Waals surface area contributed by atoms with Crippen LogP contribution in [0.15, 0.2) is 65.1 Å². The fourth-order valence-corrected chi connectivity index (χ4v) is 2.91. The smallest absolute Gasteiger partial charge is 0.255 e. The van der Waals surface area contributed by atoms with E-state index in [2.05, 4.69) is 10.3 Å². The Morgan fingerprint density at radius 3 is 2.45 bits per heavy atom. The molecule has 0 radical (unpaired) electrons. The van der Waals surface area contributed by atoms with Crippen molar-refractivity contribution in [1.82, 2.24) is 4.98 Å². The monoisotopic (exact) mass is 390 g/mol. The first kappa shape index (κ1) is 18.4. The van der Waals surface area contributed by atoms with E-state index in [1.807, 2.05) is 6.07 Å². The maximum atomic E-state index is 12.4. The molecule has 146 valence electrons. The van der Waals surface area contributed by atoms with Crippen molar-refractivity contribution in [1.29, 1.82) is 0 Å². The number of carbonyl (C=O) groups is 1. The SMILES string of the molecule is COc1ccc(-c2nc3cc(NC(=O)c4ccc(O)cc4)ccc3o2)cc1OC. The summed E-state index contributed by atoms with van der Waals surface area (Å²) >= 11 is 0. The number of carbonyl (C=O) groups excluding carboxylic acids is 1. The number of ether oxygens (including phenoxy) is 2. The number of nitrogens with one attached hydrogen (secondary N) is 1. The number of methoxy groups -OCH3 is 2. The van der Waals surface area contributed by atoms with Crippen LogP contribution in [0, 0.1) is 0 Å². The number of nitrogens with zero attached hydrogens (tertiary/aromatic N) is 1. The summed E-state index contributed by atoms with van der Waals surface area (Å²) in [5.74, 6) is 1.45. The molecule has 0 aliphatic rings. The van der Waals surface area contributed by atoms with Crippen molar-refractivity contribution < 1.29 is 23.8 Å². The average molecular weight is 390 g/mol. The minimum absolute atomic E-state index is 0.105. The van der Waals surface area contributed by atoms with Crippen molar-refractivity contribution in [3.63, 3.8) is 0 Å². The van der Waals surface area contributed by atoms with Crippen LogP contribution in [-0.2, 0) is 0 Å². The van der Waals surface area contributed by atoms with Crippen LogP contribution in [0.3, 0.4) is 0 Å². The van der Waals surface area contributed by atoms with Crippen molar-refractivity contribution in [2.45, 2.75) is 0 Å². The fourth-order valence-electron chi connectivity index (χ4n) is 2.91. The highest BCUT2D eigenvalue weighted by molar-refractivity contribution is 6.05. The second-order valence-corrected chi connectivity index (χ2v) is 6.27. The van der Waals surface area contributed by atoms with Gasteiger partial charge in [0.05, 0.1) is 14.2 Å². The van der Waals surface area contributed by atoms with Crippen LogP contribution in [0.1, 0.15) is 10.4 Å². The van der Waals surface area contributed by atoms with E-state index in [-0.39, 0.29) is 11.7 Å². The third kappa shape index (κ3) is 3.70. The molecule has 0 atom stereocenters. The number of hydrogen-bond acceptors (Lipinski definition) is 6. The summed E-state index contributed by atoms with van der Waals surface area (Å²) in [5.41, 5.74) is 2.97. The van der Waals surface area contributed by atoms with Crippen molar-refractivity contribution >= 4 is 22.7 Å². The van der Waals surface area contributed by atoms with Gasteiger partial charge in [-0.05, 0) is 60.7 Å². The van der Waals surface area contributed by atoms with Gasteiger partial charge >= 0.3 is 0 Å². The molecule has 3 aromatic carbocycles. The molecule has 0 bridgehead atoms. The van der Waals surface area contributed by atoms with Crippen LogP contribution in [0.4, 0.5) is 5.69 Å². The first-order chi connectivity index (χ1) is 14.1. The molecular weight excluding hydrogens is 372 g/mol. The van der Waals surface area contributed by atoms with E-state index >= 15 is 0 Å². The number of anilines is 1. The zero-order valence-corrected chi connectivity index (χ0v) is 15.8. The molecule has 0 spiro atoms. The molecule has 4 aromatic rings. The van der Waals surface area contributed by atoms with Crippen LogP contribution in [0.25, 0.3) is 22.6 Å². The number of amides is 1. The van der Waals surface area contributed by atoms with Gasteiger partial charge in [0.2, 0.25) is 5.89 Å². The predicted octanol–water partition coefficient (Wildman–Crippen LogP) is 4.47. The molecule has 0 unspecified atom stereocenters. The van der Waals surface area contributed by atoms with Crippen molar-refractivity contribution in [3.05, 3.63) is 66.2 Å². The van der Waals surface area contributed by atoms with Gasteiger partial charge in [0.15, 0.2) is 17.1 Å². The molecule has 0 aliphatic carbocycles. The lowest BCUT2D eigenvalue weighted by molar-refractivity contribution is 0.102. The van der Waals surface area contributed by atoms with E-state index in [0.29, 0.717) is 39.7 Å². The largest absolute Gasteiger partial charge is 0.508 e. The van der Waals surface area contributed by atoms with Crippen LogP contribution in [0.2, 0.25) is 0 Å². The Bertz CT molecular complexity index is 1180. The quantitative estimate of drug-likeness (QED) is 0.522. The number of phenolic OH excluding ortho intramolecular Hbond substituents is 1. The standard InChI is InChI=1S/C22H18N2O5/c1-27-19-9-5-14(11-20(19)28-2)22-24-17-12-15(6-10-18(17)29-22)23-21(26)13-3-7-16(25)8-4-13/h3-12,25H,1-2H3,(H,23,26). The Morgan fingerprint density at radius 1 is 0.966 bits per heavy atom. The highest BCUT2D eigenvalue weighted by Gasteiger charge is 2.13. The van der Waals surface area contributed by atoms with E-state index in [1.54, 1.807) is 56.7 Å². The van der Waals surface area contributed by atoms with Crippen LogP contribution < -0.4 is 14.8 Å². The Balaban J connectivity index is 1.61. The highest BCUT2D eigenvalue weighted by Crippen LogP contribution is 2.33. The second kappa shape index (κ2) is 7.55. The van der Waals surface area contributed by atoms with Crippen LogP contribution >= 0.6 is 0 Å². The molecule has 1 aromatic heterocycles. The predicted molar refractivity (Wildman–Crippen MR) is 109 cm³/mol. The number of fused-ring (bicyclic) bond motifs is 1. The summed E-state index contributed by atoms with van der Waals surface area (Å²) < 4.78 is 16.4. The molecule has 1 amide bonds. The van der Waals surface area contributed by atoms with Gasteiger partial charge in [-0.25, -0.2) is 4.98 Å². The first-order valence-corrected chi connectivity index (χ1v) is 8.81. The van der Waals surface area contributed by atoms with E-state index in [9.17, 15) is 9.90 Å². The zero-order chi connectivity index (χ0) is 20.4. The molecule has 0 aliphatic heterocycles. The van der Waals surface area contributed by atoms with Gasteiger partial charge in [0.1, 0.15) is 11.3 Å². The van der Waals surface area contributed by atoms with Crippen molar-refractivity contribution in [3.8, 4) is 28.7 Å². The van der Waals surface area contributed by atoms with Gasteiger partial charge in [-0.2, -0.15) is 0 Å². The van der Waals surface area contributed by atoms with Gasteiger partial charge in [0.25, 0.3) is 5.91 Å². The molecule has 0 fully saturated rings. The maximum absolute atomic E-state index is 12.4. The topological polar surface area (TPSA) is 93.8 Å². The summed E-state index contributed by atoms with van der Waals surface area (Å²) in [6.45, 7) is 0. The minimum Gasteiger partial charge on any atom is -0.508 e. The first-order valence-electron chi connectivity index (χ1n) is 8.81. The van der Waals surface area contributed by atoms with E-state index in [4.69, 9.17) is 13.9 Å². The molecular formula is C22H18N2O5. The second-order valence-electron chi connectivity index (χ2n) is 6.27. The zero-order valence-electron chi connectivity index (χ0n) is 15.8. The van der Waals surface area contributed by atoms with Gasteiger partial charge in [0, 0.05) is 16.8 Å². The van der Waals surface area contributed by atoms with E-state index in [0.717, 1.165) is 5.56 Å². The summed E-state index contributed by atoms with van der Waals surface area (Å²) in [6, 6.07) is 16.7. The summed E-state index contributed by atoms with van der Waals surface area (Å²) in [4.78, 5) is 16.9.